The second kappa shape index (κ2) is 11.7. The van der Waals surface area contributed by atoms with Gasteiger partial charge in [0.1, 0.15) is 12.1 Å². The van der Waals surface area contributed by atoms with Crippen molar-refractivity contribution in [1.82, 2.24) is 10.2 Å². The van der Waals surface area contributed by atoms with Crippen LogP contribution in [-0.4, -0.2) is 55.2 Å². The van der Waals surface area contributed by atoms with Gasteiger partial charge < -0.3 is 19.9 Å². The molecular weight excluding hydrogens is 464 g/mol. The monoisotopic (exact) mass is 502 g/mol. The van der Waals surface area contributed by atoms with Crippen molar-refractivity contribution in [2.45, 2.75) is 58.0 Å². The first-order chi connectivity index (χ1) is 17.7. The summed E-state index contributed by atoms with van der Waals surface area (Å²) < 4.78 is 5.51. The Morgan fingerprint density at radius 3 is 2.38 bits per heavy atom. The number of amides is 2. The Morgan fingerprint density at radius 2 is 1.70 bits per heavy atom. The number of nitrogens with one attached hydrogen (secondary N) is 1. The Balaban J connectivity index is 1.41. The summed E-state index contributed by atoms with van der Waals surface area (Å²) in [6.45, 7) is 8.55. The van der Waals surface area contributed by atoms with Crippen LogP contribution in [0.5, 0.6) is 0 Å². The van der Waals surface area contributed by atoms with E-state index >= 15 is 0 Å². The van der Waals surface area contributed by atoms with Crippen LogP contribution in [-0.2, 0) is 9.53 Å². The van der Waals surface area contributed by atoms with E-state index in [2.05, 4.69) is 58.7 Å². The molecule has 2 amide bonds. The summed E-state index contributed by atoms with van der Waals surface area (Å²) in [6, 6.07) is 19.1. The molecule has 0 bridgehead atoms. The van der Waals surface area contributed by atoms with E-state index in [0.29, 0.717) is 13.1 Å². The van der Waals surface area contributed by atoms with E-state index in [0.717, 1.165) is 55.6 Å². The third-order valence-electron chi connectivity index (χ3n) is 7.26. The summed E-state index contributed by atoms with van der Waals surface area (Å²) in [5.74, 6) is 0.0831. The number of nitrogens with zero attached hydrogens (tertiary/aromatic N) is 3. The maximum atomic E-state index is 12.7. The summed E-state index contributed by atoms with van der Waals surface area (Å²) >= 11 is 0. The largest absolute Gasteiger partial charge is 0.444 e. The van der Waals surface area contributed by atoms with Crippen LogP contribution in [0.3, 0.4) is 0 Å². The normalized spacial score (nSPS) is 20.2. The smallest absolute Gasteiger partial charge is 0.410 e. The van der Waals surface area contributed by atoms with Crippen molar-refractivity contribution >= 4 is 17.7 Å². The van der Waals surface area contributed by atoms with Gasteiger partial charge in [-0.1, -0.05) is 49.2 Å². The first-order valence-corrected chi connectivity index (χ1v) is 13.3. The zero-order valence-corrected chi connectivity index (χ0v) is 22.2. The van der Waals surface area contributed by atoms with Gasteiger partial charge in [0.25, 0.3) is 0 Å². The van der Waals surface area contributed by atoms with Crippen molar-refractivity contribution in [3.8, 4) is 17.2 Å². The van der Waals surface area contributed by atoms with E-state index in [1.807, 2.05) is 26.8 Å². The Bertz CT molecular complexity index is 1120. The first kappa shape index (κ1) is 26.5. The van der Waals surface area contributed by atoms with Crippen LogP contribution in [0.4, 0.5) is 10.5 Å². The molecule has 4 rings (SSSR count). The number of carbonyl (C=O) groups is 2. The van der Waals surface area contributed by atoms with Crippen molar-refractivity contribution in [3.05, 3.63) is 54.1 Å². The molecule has 2 atom stereocenters. The molecule has 0 aromatic heterocycles. The molecule has 0 radical (unpaired) electrons. The SMILES string of the molecule is CC(C)(C)OC(=O)N1CCN(c2ccc(-c3cccc(C4CCCC[C@H]4C(=O)NCC#N)c3)cc2)CC1. The summed E-state index contributed by atoms with van der Waals surface area (Å²) in [5, 5.41) is 11.6. The molecule has 37 heavy (non-hydrogen) atoms. The minimum atomic E-state index is -0.483. The van der Waals surface area contributed by atoms with Gasteiger partial charge in [0.05, 0.1) is 6.07 Å². The van der Waals surface area contributed by atoms with Crippen LogP contribution in [0.25, 0.3) is 11.1 Å². The molecule has 2 fully saturated rings. The van der Waals surface area contributed by atoms with E-state index in [-0.39, 0.29) is 30.4 Å². The highest BCUT2D eigenvalue weighted by atomic mass is 16.6. The van der Waals surface area contributed by atoms with E-state index in [1.165, 1.54) is 5.56 Å². The molecule has 2 aliphatic rings. The van der Waals surface area contributed by atoms with Crippen molar-refractivity contribution < 1.29 is 14.3 Å². The second-order valence-electron chi connectivity index (χ2n) is 11.0. The lowest BCUT2D eigenvalue weighted by atomic mass is 9.74. The standard InChI is InChI=1S/C30H38N4O3/c1-30(2,3)37-29(36)34-19-17-33(18-20-34)25-13-11-22(12-14-25)23-7-6-8-24(21-23)26-9-4-5-10-27(26)28(35)32-16-15-31/h6-8,11-14,21,26-27H,4-5,9-10,16-20H2,1-3H3,(H,32,35)/t26?,27-/m1/s1. The fourth-order valence-corrected chi connectivity index (χ4v) is 5.39. The number of rotatable bonds is 5. The molecule has 1 saturated carbocycles. The molecule has 0 spiro atoms. The summed E-state index contributed by atoms with van der Waals surface area (Å²) in [5.41, 5.74) is 4.13. The van der Waals surface area contributed by atoms with Gasteiger partial charge in [-0.2, -0.15) is 5.26 Å². The fraction of sp³-hybridized carbons (Fsp3) is 0.500. The quantitative estimate of drug-likeness (QED) is 0.559. The predicted octanol–water partition coefficient (Wildman–Crippen LogP) is 5.32. The molecule has 1 heterocycles. The van der Waals surface area contributed by atoms with Gasteiger partial charge >= 0.3 is 6.09 Å². The lowest BCUT2D eigenvalue weighted by Crippen LogP contribution is -2.50. The molecule has 7 heteroatoms. The van der Waals surface area contributed by atoms with Gasteiger partial charge in [-0.05, 0) is 68.4 Å². The minimum absolute atomic E-state index is 0.00669. The van der Waals surface area contributed by atoms with Crippen LogP contribution in [0.15, 0.2) is 48.5 Å². The highest BCUT2D eigenvalue weighted by molar-refractivity contribution is 5.80. The van der Waals surface area contributed by atoms with Gasteiger partial charge in [-0.15, -0.1) is 0 Å². The maximum Gasteiger partial charge on any atom is 0.410 e. The van der Waals surface area contributed by atoms with Gasteiger partial charge in [0, 0.05) is 37.8 Å². The zero-order valence-electron chi connectivity index (χ0n) is 22.2. The second-order valence-corrected chi connectivity index (χ2v) is 11.0. The summed E-state index contributed by atoms with van der Waals surface area (Å²) in [7, 11) is 0. The predicted molar refractivity (Wildman–Crippen MR) is 145 cm³/mol. The van der Waals surface area contributed by atoms with E-state index in [4.69, 9.17) is 10.00 Å². The Morgan fingerprint density at radius 1 is 1.00 bits per heavy atom. The van der Waals surface area contributed by atoms with E-state index < -0.39 is 5.60 Å². The molecule has 1 aliphatic heterocycles. The third-order valence-corrected chi connectivity index (χ3v) is 7.26. The molecule has 1 N–H and O–H groups in total. The average molecular weight is 503 g/mol. The number of carbonyl (C=O) groups excluding carboxylic acids is 2. The fourth-order valence-electron chi connectivity index (χ4n) is 5.39. The average Bonchev–Trinajstić information content (AvgIpc) is 2.91. The number of anilines is 1. The number of ether oxygens (including phenoxy) is 1. The number of hydrogen-bond acceptors (Lipinski definition) is 5. The van der Waals surface area contributed by atoms with Crippen LogP contribution < -0.4 is 10.2 Å². The van der Waals surface area contributed by atoms with Crippen LogP contribution in [0.2, 0.25) is 0 Å². The maximum absolute atomic E-state index is 12.7. The summed E-state index contributed by atoms with van der Waals surface area (Å²) in [6.07, 6.45) is 3.77. The van der Waals surface area contributed by atoms with Crippen molar-refractivity contribution in [3.63, 3.8) is 0 Å². The lowest BCUT2D eigenvalue weighted by Gasteiger charge is -2.36. The Labute approximate surface area is 220 Å². The molecule has 1 aliphatic carbocycles. The number of benzene rings is 2. The van der Waals surface area contributed by atoms with E-state index in [9.17, 15) is 9.59 Å². The van der Waals surface area contributed by atoms with Crippen molar-refractivity contribution in [2.24, 2.45) is 5.92 Å². The van der Waals surface area contributed by atoms with E-state index in [1.54, 1.807) is 4.90 Å². The molecule has 7 nitrogen and oxygen atoms in total. The zero-order chi connectivity index (χ0) is 26.4. The third kappa shape index (κ3) is 6.82. The molecule has 196 valence electrons. The summed E-state index contributed by atoms with van der Waals surface area (Å²) in [4.78, 5) is 29.1. The first-order valence-electron chi connectivity index (χ1n) is 13.3. The Hall–Kier alpha value is -3.53. The lowest BCUT2D eigenvalue weighted by molar-refractivity contribution is -0.126. The molecule has 2 aromatic rings. The van der Waals surface area contributed by atoms with Gasteiger partial charge in [-0.25, -0.2) is 4.79 Å². The van der Waals surface area contributed by atoms with Crippen LogP contribution >= 0.6 is 0 Å². The molecule has 1 unspecified atom stereocenters. The van der Waals surface area contributed by atoms with Crippen molar-refractivity contribution in [2.75, 3.05) is 37.6 Å². The van der Waals surface area contributed by atoms with Crippen molar-refractivity contribution in [1.29, 1.82) is 5.26 Å². The molecule has 1 saturated heterocycles. The topological polar surface area (TPSA) is 85.7 Å². The van der Waals surface area contributed by atoms with Crippen LogP contribution in [0.1, 0.15) is 57.9 Å². The highest BCUT2D eigenvalue weighted by Gasteiger charge is 2.32. The number of piperazine rings is 1. The highest BCUT2D eigenvalue weighted by Crippen LogP contribution is 2.39. The number of nitriles is 1. The van der Waals surface area contributed by atoms with Gasteiger partial charge in [0.2, 0.25) is 5.91 Å². The molecule has 2 aromatic carbocycles. The van der Waals surface area contributed by atoms with Crippen LogP contribution in [0, 0.1) is 17.2 Å². The van der Waals surface area contributed by atoms with Gasteiger partial charge in [-0.3, -0.25) is 4.79 Å². The van der Waals surface area contributed by atoms with Gasteiger partial charge in [0.15, 0.2) is 0 Å². The Kier molecular flexibility index (Phi) is 8.38. The minimum Gasteiger partial charge on any atom is -0.444 e. The molecular formula is C30H38N4O3. The number of hydrogen-bond donors (Lipinski definition) is 1.